The van der Waals surface area contributed by atoms with Gasteiger partial charge in [0.25, 0.3) is 0 Å². The molecule has 0 aliphatic carbocycles. The molecule has 0 saturated heterocycles. The fourth-order valence-corrected chi connectivity index (χ4v) is 1.60. The molecule has 0 spiro atoms. The molecular formula is C12H19NO2. The van der Waals surface area contributed by atoms with Crippen molar-refractivity contribution < 1.29 is 9.47 Å². The Morgan fingerprint density at radius 2 is 1.73 bits per heavy atom. The Kier molecular flexibility index (Phi) is 3.97. The maximum Gasteiger partial charge on any atom is 0.127 e. The van der Waals surface area contributed by atoms with Crippen molar-refractivity contribution in [3.8, 4) is 11.5 Å². The van der Waals surface area contributed by atoms with Gasteiger partial charge < -0.3 is 15.2 Å². The van der Waals surface area contributed by atoms with Gasteiger partial charge in [-0.15, -0.1) is 0 Å². The second kappa shape index (κ2) is 5.03. The lowest BCUT2D eigenvalue weighted by Crippen LogP contribution is -2.03. The predicted octanol–water partition coefficient (Wildman–Crippen LogP) is 2.29. The molecule has 84 valence electrons. The van der Waals surface area contributed by atoms with E-state index in [9.17, 15) is 0 Å². The van der Waals surface area contributed by atoms with Gasteiger partial charge in [-0.3, -0.25) is 0 Å². The zero-order valence-electron chi connectivity index (χ0n) is 9.83. The Balaban J connectivity index is 3.27. The van der Waals surface area contributed by atoms with Gasteiger partial charge in [-0.1, -0.05) is 13.8 Å². The van der Waals surface area contributed by atoms with E-state index in [1.54, 1.807) is 14.2 Å². The van der Waals surface area contributed by atoms with Crippen molar-refractivity contribution in [2.45, 2.75) is 26.3 Å². The molecule has 0 saturated carbocycles. The van der Waals surface area contributed by atoms with Crippen LogP contribution in [0.2, 0.25) is 0 Å². The smallest absolute Gasteiger partial charge is 0.127 e. The highest BCUT2D eigenvalue weighted by Crippen LogP contribution is 2.33. The van der Waals surface area contributed by atoms with Crippen LogP contribution in [0.4, 0.5) is 0 Å². The van der Waals surface area contributed by atoms with Crippen LogP contribution in [-0.2, 0) is 6.54 Å². The third-order valence-corrected chi connectivity index (χ3v) is 2.47. The molecule has 3 heteroatoms. The molecule has 0 aromatic heterocycles. The van der Waals surface area contributed by atoms with E-state index < -0.39 is 0 Å². The lowest BCUT2D eigenvalue weighted by Gasteiger charge is -2.16. The molecule has 2 N–H and O–H groups in total. The Hall–Kier alpha value is -1.22. The molecule has 0 radical (unpaired) electrons. The SMILES string of the molecule is COc1cc(OC)c(C(C)C)cc1CN. The summed E-state index contributed by atoms with van der Waals surface area (Å²) in [6.07, 6.45) is 0. The maximum absolute atomic E-state index is 5.67. The first-order valence-electron chi connectivity index (χ1n) is 5.08. The van der Waals surface area contributed by atoms with E-state index >= 15 is 0 Å². The van der Waals surface area contributed by atoms with E-state index in [2.05, 4.69) is 19.9 Å². The van der Waals surface area contributed by atoms with Crippen LogP contribution in [-0.4, -0.2) is 14.2 Å². The fourth-order valence-electron chi connectivity index (χ4n) is 1.60. The van der Waals surface area contributed by atoms with Gasteiger partial charge >= 0.3 is 0 Å². The average molecular weight is 209 g/mol. The second-order valence-corrected chi connectivity index (χ2v) is 3.76. The zero-order chi connectivity index (χ0) is 11.4. The van der Waals surface area contributed by atoms with Gasteiger partial charge in [-0.25, -0.2) is 0 Å². The first-order chi connectivity index (χ1) is 7.13. The van der Waals surface area contributed by atoms with Crippen molar-refractivity contribution in [1.29, 1.82) is 0 Å². The second-order valence-electron chi connectivity index (χ2n) is 3.76. The van der Waals surface area contributed by atoms with E-state index in [4.69, 9.17) is 15.2 Å². The van der Waals surface area contributed by atoms with Crippen molar-refractivity contribution in [3.05, 3.63) is 23.3 Å². The summed E-state index contributed by atoms with van der Waals surface area (Å²) < 4.78 is 10.6. The number of nitrogens with two attached hydrogens (primary N) is 1. The van der Waals surface area contributed by atoms with E-state index in [0.717, 1.165) is 17.1 Å². The summed E-state index contributed by atoms with van der Waals surface area (Å²) >= 11 is 0. The molecule has 15 heavy (non-hydrogen) atoms. The van der Waals surface area contributed by atoms with Crippen LogP contribution in [0.1, 0.15) is 30.9 Å². The number of ether oxygens (including phenoxy) is 2. The van der Waals surface area contributed by atoms with Crippen LogP contribution in [0.5, 0.6) is 11.5 Å². The van der Waals surface area contributed by atoms with Crippen LogP contribution in [0, 0.1) is 0 Å². The van der Waals surface area contributed by atoms with E-state index in [0.29, 0.717) is 12.5 Å². The van der Waals surface area contributed by atoms with Crippen LogP contribution in [0.25, 0.3) is 0 Å². The first-order valence-corrected chi connectivity index (χ1v) is 5.08. The molecule has 3 nitrogen and oxygen atoms in total. The molecule has 0 aliphatic heterocycles. The minimum atomic E-state index is 0.413. The van der Waals surface area contributed by atoms with Crippen molar-refractivity contribution in [3.63, 3.8) is 0 Å². The van der Waals surface area contributed by atoms with Crippen molar-refractivity contribution >= 4 is 0 Å². The molecular weight excluding hydrogens is 190 g/mol. The standard InChI is InChI=1S/C12H19NO2/c1-8(2)10-5-9(7-13)11(14-3)6-12(10)15-4/h5-6,8H,7,13H2,1-4H3. The summed E-state index contributed by atoms with van der Waals surface area (Å²) in [5.41, 5.74) is 7.85. The van der Waals surface area contributed by atoms with Crippen molar-refractivity contribution in [2.24, 2.45) is 5.73 Å². The predicted molar refractivity (Wildman–Crippen MR) is 61.5 cm³/mol. The topological polar surface area (TPSA) is 44.5 Å². The highest BCUT2D eigenvalue weighted by atomic mass is 16.5. The van der Waals surface area contributed by atoms with Crippen LogP contribution in [0.3, 0.4) is 0 Å². The number of benzene rings is 1. The van der Waals surface area contributed by atoms with Crippen molar-refractivity contribution in [1.82, 2.24) is 0 Å². The maximum atomic E-state index is 5.67. The molecule has 0 bridgehead atoms. The number of hydrogen-bond donors (Lipinski definition) is 1. The summed E-state index contributed by atoms with van der Waals surface area (Å²) in [6.45, 7) is 4.74. The fraction of sp³-hybridized carbons (Fsp3) is 0.500. The lowest BCUT2D eigenvalue weighted by atomic mass is 9.99. The van der Waals surface area contributed by atoms with Gasteiger partial charge in [-0.05, 0) is 17.5 Å². The highest BCUT2D eigenvalue weighted by molar-refractivity contribution is 5.47. The molecule has 1 aromatic rings. The monoisotopic (exact) mass is 209 g/mol. The van der Waals surface area contributed by atoms with Gasteiger partial charge in [0.05, 0.1) is 14.2 Å². The van der Waals surface area contributed by atoms with Gasteiger partial charge in [0.1, 0.15) is 11.5 Å². The number of methoxy groups -OCH3 is 2. The summed E-state index contributed by atoms with van der Waals surface area (Å²) in [5, 5.41) is 0. The molecule has 0 aliphatic rings. The van der Waals surface area contributed by atoms with Crippen LogP contribution >= 0.6 is 0 Å². The molecule has 0 atom stereocenters. The van der Waals surface area contributed by atoms with Crippen LogP contribution < -0.4 is 15.2 Å². The van der Waals surface area contributed by atoms with Crippen molar-refractivity contribution in [2.75, 3.05) is 14.2 Å². The van der Waals surface area contributed by atoms with Gasteiger partial charge in [0.2, 0.25) is 0 Å². The Morgan fingerprint density at radius 3 is 2.13 bits per heavy atom. The molecule has 0 unspecified atom stereocenters. The Labute approximate surface area is 91.2 Å². The minimum Gasteiger partial charge on any atom is -0.496 e. The molecule has 1 rings (SSSR count). The van der Waals surface area contributed by atoms with Gasteiger partial charge in [-0.2, -0.15) is 0 Å². The largest absolute Gasteiger partial charge is 0.496 e. The quantitative estimate of drug-likeness (QED) is 0.827. The summed E-state index contributed by atoms with van der Waals surface area (Å²) in [7, 11) is 3.31. The van der Waals surface area contributed by atoms with Gasteiger partial charge in [0, 0.05) is 18.2 Å². The Morgan fingerprint density at radius 1 is 1.13 bits per heavy atom. The van der Waals surface area contributed by atoms with Gasteiger partial charge in [0.15, 0.2) is 0 Å². The zero-order valence-corrected chi connectivity index (χ0v) is 9.83. The summed E-state index contributed by atoms with van der Waals surface area (Å²) in [6, 6.07) is 3.96. The average Bonchev–Trinajstić information content (AvgIpc) is 2.26. The Bertz CT molecular complexity index is 335. The normalized spacial score (nSPS) is 10.5. The molecule has 0 heterocycles. The third kappa shape index (κ3) is 2.42. The number of hydrogen-bond acceptors (Lipinski definition) is 3. The van der Waals surface area contributed by atoms with Crippen LogP contribution in [0.15, 0.2) is 12.1 Å². The summed E-state index contributed by atoms with van der Waals surface area (Å²) in [4.78, 5) is 0. The molecule has 0 amide bonds. The summed E-state index contributed by atoms with van der Waals surface area (Å²) in [5.74, 6) is 2.06. The molecule has 0 fully saturated rings. The lowest BCUT2D eigenvalue weighted by molar-refractivity contribution is 0.386. The third-order valence-electron chi connectivity index (χ3n) is 2.47. The first kappa shape index (κ1) is 11.9. The minimum absolute atomic E-state index is 0.413. The highest BCUT2D eigenvalue weighted by Gasteiger charge is 2.12. The van der Waals surface area contributed by atoms with E-state index in [1.165, 1.54) is 5.56 Å². The number of rotatable bonds is 4. The van der Waals surface area contributed by atoms with E-state index in [1.807, 2.05) is 6.07 Å². The van der Waals surface area contributed by atoms with E-state index in [-0.39, 0.29) is 0 Å². The molecule has 1 aromatic carbocycles.